The third kappa shape index (κ3) is 2.76. The van der Waals surface area contributed by atoms with Crippen molar-refractivity contribution in [3.8, 4) is 0 Å². The minimum Gasteiger partial charge on any atom is -0.327 e. The molecule has 3 rings (SSSR count). The molecule has 0 bridgehead atoms. The maximum absolute atomic E-state index is 12.6. The number of halogens is 2. The molecule has 1 aromatic carbocycles. The average Bonchev–Trinajstić information content (AvgIpc) is 2.48. The first-order valence-corrected chi connectivity index (χ1v) is 7.72. The van der Waals surface area contributed by atoms with Gasteiger partial charge in [-0.2, -0.15) is 0 Å². The van der Waals surface area contributed by atoms with E-state index in [9.17, 15) is 9.59 Å². The number of aromatic nitrogens is 1. The molecule has 2 heterocycles. The molecular weight excluding hydrogens is 356 g/mol. The van der Waals surface area contributed by atoms with E-state index < -0.39 is 5.56 Å². The lowest BCUT2D eigenvalue weighted by molar-refractivity contribution is 0.0984. The van der Waals surface area contributed by atoms with E-state index in [0.717, 1.165) is 28.6 Å². The monoisotopic (exact) mass is 366 g/mol. The number of carbonyl (C=O) groups is 1. The molecule has 0 spiro atoms. The zero-order chi connectivity index (χ0) is 15.0. The standard InChI is InChI=1S/C15H12BrClN2O2/c16-11-3-4-13-9(6-11)2-1-5-19(13)15(21)10-7-12(17)14(20)18-8-10/h3-4,6-8H,1-2,5H2,(H,18,20). The van der Waals surface area contributed by atoms with Gasteiger partial charge in [0.1, 0.15) is 5.02 Å². The zero-order valence-corrected chi connectivity index (χ0v) is 13.4. The molecule has 6 heteroatoms. The van der Waals surface area contributed by atoms with Gasteiger partial charge >= 0.3 is 0 Å². The fraction of sp³-hybridized carbons (Fsp3) is 0.200. The lowest BCUT2D eigenvalue weighted by Gasteiger charge is -2.29. The molecule has 0 atom stereocenters. The number of H-pyrrole nitrogens is 1. The van der Waals surface area contributed by atoms with Crippen molar-refractivity contribution in [3.05, 3.63) is 61.4 Å². The van der Waals surface area contributed by atoms with E-state index in [1.807, 2.05) is 18.2 Å². The van der Waals surface area contributed by atoms with Gasteiger partial charge in [0.05, 0.1) is 5.56 Å². The van der Waals surface area contributed by atoms with Crippen molar-refractivity contribution < 1.29 is 4.79 Å². The fourth-order valence-corrected chi connectivity index (χ4v) is 3.09. The Bertz CT molecular complexity index is 773. The summed E-state index contributed by atoms with van der Waals surface area (Å²) in [6.45, 7) is 0.657. The second kappa shape index (κ2) is 5.66. The summed E-state index contributed by atoms with van der Waals surface area (Å²) >= 11 is 9.25. The molecule has 4 nitrogen and oxygen atoms in total. The van der Waals surface area contributed by atoms with Gasteiger partial charge in [-0.25, -0.2) is 0 Å². The van der Waals surface area contributed by atoms with Gasteiger partial charge in [0.2, 0.25) is 0 Å². The fourth-order valence-electron chi connectivity index (χ4n) is 2.51. The third-order valence-corrected chi connectivity index (χ3v) is 4.28. The molecule has 0 saturated heterocycles. The first-order valence-electron chi connectivity index (χ1n) is 6.55. The summed E-state index contributed by atoms with van der Waals surface area (Å²) in [7, 11) is 0. The number of nitrogens with one attached hydrogen (secondary N) is 1. The van der Waals surface area contributed by atoms with Crippen LogP contribution in [0.25, 0.3) is 0 Å². The Morgan fingerprint density at radius 2 is 2.14 bits per heavy atom. The topological polar surface area (TPSA) is 53.2 Å². The Morgan fingerprint density at radius 3 is 2.90 bits per heavy atom. The minimum absolute atomic E-state index is 0.0221. The summed E-state index contributed by atoms with van der Waals surface area (Å²) in [5, 5.41) is 0.0221. The molecule has 0 fully saturated rings. The lowest BCUT2D eigenvalue weighted by Crippen LogP contribution is -2.35. The highest BCUT2D eigenvalue weighted by Gasteiger charge is 2.24. The molecule has 1 aliphatic rings. The number of rotatable bonds is 1. The summed E-state index contributed by atoms with van der Waals surface area (Å²) < 4.78 is 1.00. The highest BCUT2D eigenvalue weighted by atomic mass is 79.9. The summed E-state index contributed by atoms with van der Waals surface area (Å²) in [6.07, 6.45) is 3.26. The third-order valence-electron chi connectivity index (χ3n) is 3.51. The molecule has 0 radical (unpaired) electrons. The molecular formula is C15H12BrClN2O2. The van der Waals surface area contributed by atoms with Gasteiger partial charge in [-0.3, -0.25) is 9.59 Å². The van der Waals surface area contributed by atoms with Crippen molar-refractivity contribution >= 4 is 39.1 Å². The highest BCUT2D eigenvalue weighted by molar-refractivity contribution is 9.10. The Kier molecular flexibility index (Phi) is 3.87. The molecule has 0 unspecified atom stereocenters. The van der Waals surface area contributed by atoms with Crippen molar-refractivity contribution in [2.45, 2.75) is 12.8 Å². The number of aromatic amines is 1. The van der Waals surface area contributed by atoms with Crippen LogP contribution in [-0.4, -0.2) is 17.4 Å². The highest BCUT2D eigenvalue weighted by Crippen LogP contribution is 2.30. The van der Waals surface area contributed by atoms with Gasteiger partial charge in [-0.1, -0.05) is 27.5 Å². The number of anilines is 1. The molecule has 1 amide bonds. The van der Waals surface area contributed by atoms with Crippen LogP contribution in [0.1, 0.15) is 22.3 Å². The zero-order valence-electron chi connectivity index (χ0n) is 11.0. The Morgan fingerprint density at radius 1 is 1.33 bits per heavy atom. The molecule has 2 aromatic rings. The minimum atomic E-state index is -0.392. The molecule has 21 heavy (non-hydrogen) atoms. The summed E-state index contributed by atoms with van der Waals surface area (Å²) in [6, 6.07) is 7.30. The first-order chi connectivity index (χ1) is 10.1. The maximum atomic E-state index is 12.6. The van der Waals surface area contributed by atoms with E-state index >= 15 is 0 Å². The number of fused-ring (bicyclic) bond motifs is 1. The van der Waals surface area contributed by atoms with E-state index in [1.165, 1.54) is 12.3 Å². The largest absolute Gasteiger partial charge is 0.327 e. The van der Waals surface area contributed by atoms with Crippen LogP contribution in [0.15, 0.2) is 39.7 Å². The maximum Gasteiger partial charge on any atom is 0.266 e. The van der Waals surface area contributed by atoms with Crippen LogP contribution >= 0.6 is 27.5 Å². The second-order valence-electron chi connectivity index (χ2n) is 4.90. The molecule has 0 saturated carbocycles. The quantitative estimate of drug-likeness (QED) is 0.840. The normalized spacial score (nSPS) is 13.9. The first kappa shape index (κ1) is 14.4. The SMILES string of the molecule is O=C(c1c[nH]c(=O)c(Cl)c1)N1CCCc2cc(Br)ccc21. The number of aryl methyl sites for hydroxylation is 1. The van der Waals surface area contributed by atoms with E-state index in [-0.39, 0.29) is 10.9 Å². The predicted octanol–water partition coefficient (Wildman–Crippen LogP) is 3.38. The molecule has 108 valence electrons. The van der Waals surface area contributed by atoms with Crippen LogP contribution in [0, 0.1) is 0 Å². The van der Waals surface area contributed by atoms with Gasteiger partial charge in [0.25, 0.3) is 11.5 Å². The number of pyridine rings is 1. The van der Waals surface area contributed by atoms with Crippen LogP contribution in [0.3, 0.4) is 0 Å². The number of hydrogen-bond donors (Lipinski definition) is 1. The van der Waals surface area contributed by atoms with Crippen molar-refractivity contribution in [3.63, 3.8) is 0 Å². The van der Waals surface area contributed by atoms with E-state index in [2.05, 4.69) is 20.9 Å². The van der Waals surface area contributed by atoms with Gasteiger partial charge in [-0.05, 0) is 42.7 Å². The number of nitrogens with zero attached hydrogens (tertiary/aromatic N) is 1. The number of hydrogen-bond acceptors (Lipinski definition) is 2. The molecule has 1 aliphatic heterocycles. The van der Waals surface area contributed by atoms with Crippen molar-refractivity contribution in [2.75, 3.05) is 11.4 Å². The molecule has 1 N–H and O–H groups in total. The summed E-state index contributed by atoms with van der Waals surface area (Å²) in [5.41, 5.74) is 2.04. The van der Waals surface area contributed by atoms with Gasteiger partial charge in [-0.15, -0.1) is 0 Å². The van der Waals surface area contributed by atoms with Crippen molar-refractivity contribution in [1.29, 1.82) is 0 Å². The summed E-state index contributed by atoms with van der Waals surface area (Å²) in [5.74, 6) is -0.156. The van der Waals surface area contributed by atoms with Crippen LogP contribution in [-0.2, 0) is 6.42 Å². The summed E-state index contributed by atoms with van der Waals surface area (Å²) in [4.78, 5) is 28.1. The van der Waals surface area contributed by atoms with Gasteiger partial charge in [0.15, 0.2) is 0 Å². The molecule has 0 aliphatic carbocycles. The van der Waals surface area contributed by atoms with Crippen LogP contribution < -0.4 is 10.5 Å². The Balaban J connectivity index is 2.00. The van der Waals surface area contributed by atoms with E-state index in [0.29, 0.717) is 12.1 Å². The van der Waals surface area contributed by atoms with E-state index in [1.54, 1.807) is 4.90 Å². The molecule has 1 aromatic heterocycles. The van der Waals surface area contributed by atoms with Crippen LogP contribution in [0.2, 0.25) is 5.02 Å². The van der Waals surface area contributed by atoms with Crippen LogP contribution in [0.5, 0.6) is 0 Å². The van der Waals surface area contributed by atoms with Crippen LogP contribution in [0.4, 0.5) is 5.69 Å². The van der Waals surface area contributed by atoms with Gasteiger partial charge < -0.3 is 9.88 Å². The Hall–Kier alpha value is -1.59. The number of amides is 1. The lowest BCUT2D eigenvalue weighted by atomic mass is 10.0. The smallest absolute Gasteiger partial charge is 0.266 e. The van der Waals surface area contributed by atoms with Gasteiger partial charge in [0, 0.05) is 22.9 Å². The van der Waals surface area contributed by atoms with E-state index in [4.69, 9.17) is 11.6 Å². The van der Waals surface area contributed by atoms with Crippen molar-refractivity contribution in [2.24, 2.45) is 0 Å². The number of benzene rings is 1. The second-order valence-corrected chi connectivity index (χ2v) is 6.22. The Labute approximate surface area is 134 Å². The average molecular weight is 368 g/mol. The predicted molar refractivity (Wildman–Crippen MR) is 86.2 cm³/mol. The van der Waals surface area contributed by atoms with Crippen molar-refractivity contribution in [1.82, 2.24) is 4.98 Å². The number of carbonyl (C=O) groups excluding carboxylic acids is 1.